The number of nitrogens with two attached hydrogens (primary N) is 1. The van der Waals surface area contributed by atoms with Crippen LogP contribution in [-0.4, -0.2) is 21.8 Å². The van der Waals surface area contributed by atoms with Gasteiger partial charge < -0.3 is 11.1 Å². The molecule has 164 valence electrons. The highest BCUT2D eigenvalue weighted by Crippen LogP contribution is 2.51. The second-order valence-electron chi connectivity index (χ2n) is 7.48. The summed E-state index contributed by atoms with van der Waals surface area (Å²) in [6.07, 6.45) is -1.68. The van der Waals surface area contributed by atoms with Crippen molar-refractivity contribution in [2.45, 2.75) is 31.0 Å². The minimum Gasteiger partial charge on any atom is -0.379 e. The summed E-state index contributed by atoms with van der Waals surface area (Å²) in [6, 6.07) is 4.72. The summed E-state index contributed by atoms with van der Waals surface area (Å²) >= 11 is 7.29. The molecule has 4 rings (SSSR count). The van der Waals surface area contributed by atoms with E-state index in [9.17, 15) is 22.4 Å². The summed E-state index contributed by atoms with van der Waals surface area (Å²) in [7, 11) is 0. The van der Waals surface area contributed by atoms with Crippen molar-refractivity contribution in [2.75, 3.05) is 11.1 Å². The maximum absolute atomic E-state index is 14.8. The van der Waals surface area contributed by atoms with Gasteiger partial charge in [-0.2, -0.15) is 13.2 Å². The number of thioether (sulfide) groups is 1. The number of halogens is 5. The molecule has 31 heavy (non-hydrogen) atoms. The second kappa shape index (κ2) is 7.98. The average Bonchev–Trinajstić information content (AvgIpc) is 3.12. The number of benzene rings is 1. The summed E-state index contributed by atoms with van der Waals surface area (Å²) in [5.74, 6) is -0.412. The number of hydrogen-bond donors (Lipinski definition) is 2. The van der Waals surface area contributed by atoms with Crippen molar-refractivity contribution in [3.63, 3.8) is 0 Å². The Morgan fingerprint density at radius 1 is 1.32 bits per heavy atom. The molecule has 1 saturated carbocycles. The quantitative estimate of drug-likeness (QED) is 0.601. The number of nitrogens with one attached hydrogen (secondary N) is 1. The SMILES string of the molecule is NC1=N[C@@]2(c3cc(NC(=O)c4ncc(C(F)(F)F)cc4Cl)ccc3F)CCC[C@H]2CS1. The van der Waals surface area contributed by atoms with E-state index in [1.54, 1.807) is 0 Å². The van der Waals surface area contributed by atoms with Gasteiger partial charge in [0.2, 0.25) is 0 Å². The van der Waals surface area contributed by atoms with E-state index in [1.165, 1.54) is 30.0 Å². The molecule has 0 saturated heterocycles. The molecule has 2 aliphatic rings. The Morgan fingerprint density at radius 3 is 2.81 bits per heavy atom. The topological polar surface area (TPSA) is 80.4 Å². The smallest absolute Gasteiger partial charge is 0.379 e. The molecule has 1 aliphatic heterocycles. The van der Waals surface area contributed by atoms with Gasteiger partial charge in [0.1, 0.15) is 11.5 Å². The molecule has 5 nitrogen and oxygen atoms in total. The average molecular weight is 473 g/mol. The highest BCUT2D eigenvalue weighted by molar-refractivity contribution is 8.13. The number of hydrogen-bond acceptors (Lipinski definition) is 5. The molecular weight excluding hydrogens is 456 g/mol. The lowest BCUT2D eigenvalue weighted by molar-refractivity contribution is -0.137. The third-order valence-corrected chi connectivity index (χ3v) is 6.85. The molecule has 2 heterocycles. The molecule has 0 radical (unpaired) electrons. The molecule has 0 bridgehead atoms. The van der Waals surface area contributed by atoms with Crippen LogP contribution in [0.15, 0.2) is 35.5 Å². The molecule has 11 heteroatoms. The van der Waals surface area contributed by atoms with E-state index in [-0.39, 0.29) is 17.3 Å². The normalized spacial score (nSPS) is 23.3. The molecule has 2 aromatic rings. The number of carbonyl (C=O) groups is 1. The zero-order chi connectivity index (χ0) is 22.4. The van der Waals surface area contributed by atoms with Crippen LogP contribution in [0.4, 0.5) is 23.2 Å². The lowest BCUT2D eigenvalue weighted by atomic mass is 9.81. The fourth-order valence-corrected chi connectivity index (χ4v) is 5.44. The first-order valence-corrected chi connectivity index (χ1v) is 10.8. The van der Waals surface area contributed by atoms with E-state index in [1.807, 2.05) is 0 Å². The first-order chi connectivity index (χ1) is 14.6. The Hall–Kier alpha value is -2.33. The Labute approximate surface area is 184 Å². The number of alkyl halides is 3. The molecular formula is C20H17ClF4N4OS. The molecule has 2 atom stereocenters. The Morgan fingerprint density at radius 2 is 2.10 bits per heavy atom. The zero-order valence-electron chi connectivity index (χ0n) is 16.0. The predicted octanol–water partition coefficient (Wildman–Crippen LogP) is 5.20. The van der Waals surface area contributed by atoms with E-state index in [4.69, 9.17) is 17.3 Å². The molecule has 1 aromatic heterocycles. The molecule has 0 unspecified atom stereocenters. The minimum absolute atomic E-state index is 0.122. The molecule has 3 N–H and O–H groups in total. The van der Waals surface area contributed by atoms with Gasteiger partial charge >= 0.3 is 6.18 Å². The van der Waals surface area contributed by atoms with Crippen LogP contribution >= 0.6 is 23.4 Å². The van der Waals surface area contributed by atoms with Crippen LogP contribution in [0.5, 0.6) is 0 Å². The lowest BCUT2D eigenvalue weighted by Crippen LogP contribution is -2.37. The van der Waals surface area contributed by atoms with Crippen LogP contribution in [-0.2, 0) is 11.7 Å². The van der Waals surface area contributed by atoms with Crippen molar-refractivity contribution < 1.29 is 22.4 Å². The van der Waals surface area contributed by atoms with Gasteiger partial charge in [-0.25, -0.2) is 9.37 Å². The predicted molar refractivity (Wildman–Crippen MR) is 112 cm³/mol. The zero-order valence-corrected chi connectivity index (χ0v) is 17.5. The van der Waals surface area contributed by atoms with E-state index in [2.05, 4.69) is 15.3 Å². The Kier molecular flexibility index (Phi) is 5.63. The van der Waals surface area contributed by atoms with Crippen molar-refractivity contribution in [2.24, 2.45) is 16.6 Å². The van der Waals surface area contributed by atoms with Gasteiger partial charge in [0.25, 0.3) is 5.91 Å². The number of amidine groups is 1. The number of nitrogens with zero attached hydrogens (tertiary/aromatic N) is 2. The van der Waals surface area contributed by atoms with Crippen molar-refractivity contribution in [3.8, 4) is 0 Å². The number of amides is 1. The van der Waals surface area contributed by atoms with Crippen LogP contribution in [0.2, 0.25) is 5.02 Å². The van der Waals surface area contributed by atoms with Crippen molar-refractivity contribution in [1.82, 2.24) is 4.98 Å². The maximum atomic E-state index is 14.8. The van der Waals surface area contributed by atoms with Crippen molar-refractivity contribution in [1.29, 1.82) is 0 Å². The number of carbonyl (C=O) groups excluding carboxylic acids is 1. The Bertz CT molecular complexity index is 1080. The largest absolute Gasteiger partial charge is 0.417 e. The molecule has 1 fully saturated rings. The van der Waals surface area contributed by atoms with Gasteiger partial charge in [0.05, 0.1) is 16.1 Å². The van der Waals surface area contributed by atoms with Gasteiger partial charge in [0.15, 0.2) is 5.17 Å². The minimum atomic E-state index is -4.63. The van der Waals surface area contributed by atoms with Crippen LogP contribution in [0, 0.1) is 11.7 Å². The van der Waals surface area contributed by atoms with Crippen LogP contribution in [0.25, 0.3) is 0 Å². The standard InChI is InChI=1S/C20H17ClF4N4OS/c21-14-6-11(20(23,24)25)8-27-16(14)17(30)28-12-3-4-15(22)13(7-12)19-5-1-2-10(19)9-31-18(26)29-19/h3-4,6-8,10H,1-2,5,9H2,(H2,26,29)(H,28,30)/t10-,19-/m0/s1. The highest BCUT2D eigenvalue weighted by Gasteiger charge is 2.48. The van der Waals surface area contributed by atoms with Gasteiger partial charge in [-0.1, -0.05) is 29.8 Å². The summed E-state index contributed by atoms with van der Waals surface area (Å²) in [5.41, 5.74) is 4.31. The fraction of sp³-hybridized carbons (Fsp3) is 0.350. The third kappa shape index (κ3) is 4.10. The van der Waals surface area contributed by atoms with Gasteiger partial charge in [-0.15, -0.1) is 0 Å². The molecule has 1 aliphatic carbocycles. The first-order valence-electron chi connectivity index (χ1n) is 9.42. The lowest BCUT2D eigenvalue weighted by Gasteiger charge is -2.36. The van der Waals surface area contributed by atoms with Crippen LogP contribution < -0.4 is 11.1 Å². The number of aliphatic imine (C=N–C) groups is 1. The van der Waals surface area contributed by atoms with Crippen molar-refractivity contribution in [3.05, 3.63) is 58.1 Å². The summed E-state index contributed by atoms with van der Waals surface area (Å²) in [4.78, 5) is 20.7. The van der Waals surface area contributed by atoms with E-state index in [0.717, 1.165) is 18.6 Å². The monoisotopic (exact) mass is 472 g/mol. The molecule has 1 aromatic carbocycles. The third-order valence-electron chi connectivity index (χ3n) is 5.60. The van der Waals surface area contributed by atoms with Gasteiger partial charge in [-0.3, -0.25) is 9.79 Å². The molecule has 1 amide bonds. The van der Waals surface area contributed by atoms with Crippen molar-refractivity contribution >= 4 is 40.1 Å². The second-order valence-corrected chi connectivity index (χ2v) is 8.92. The van der Waals surface area contributed by atoms with Crippen LogP contribution in [0.1, 0.15) is 40.9 Å². The van der Waals surface area contributed by atoms with E-state index < -0.39 is 34.0 Å². The van der Waals surface area contributed by atoms with Crippen LogP contribution in [0.3, 0.4) is 0 Å². The first kappa shape index (κ1) is 21.9. The maximum Gasteiger partial charge on any atom is 0.417 e. The number of aromatic nitrogens is 1. The molecule has 0 spiro atoms. The summed E-state index contributed by atoms with van der Waals surface area (Å²) in [5, 5.41) is 2.49. The number of rotatable bonds is 3. The highest BCUT2D eigenvalue weighted by atomic mass is 35.5. The number of anilines is 1. The summed E-state index contributed by atoms with van der Waals surface area (Å²) < 4.78 is 53.2. The van der Waals surface area contributed by atoms with E-state index in [0.29, 0.717) is 29.4 Å². The summed E-state index contributed by atoms with van der Waals surface area (Å²) in [6.45, 7) is 0. The number of fused-ring (bicyclic) bond motifs is 1. The van der Waals surface area contributed by atoms with Gasteiger partial charge in [-0.05, 0) is 43.0 Å². The van der Waals surface area contributed by atoms with Gasteiger partial charge in [0, 0.05) is 23.2 Å². The number of pyridine rings is 1. The fourth-order valence-electron chi connectivity index (χ4n) is 4.14. The Balaban J connectivity index is 1.64. The van der Waals surface area contributed by atoms with E-state index >= 15 is 0 Å².